The van der Waals surface area contributed by atoms with Gasteiger partial charge in [0.05, 0.1) is 6.61 Å². The highest BCUT2D eigenvalue weighted by molar-refractivity contribution is 7.89. The number of halogens is 1. The average Bonchev–Trinajstić information content (AvgIpc) is 2.62. The maximum atomic E-state index is 14.1. The van der Waals surface area contributed by atoms with Crippen LogP contribution >= 0.6 is 0 Å². The van der Waals surface area contributed by atoms with Gasteiger partial charge < -0.3 is 5.11 Å². The second-order valence-corrected chi connectivity index (χ2v) is 8.00. The predicted molar refractivity (Wildman–Crippen MR) is 92.8 cm³/mol. The lowest BCUT2D eigenvalue weighted by Crippen LogP contribution is -2.48. The Hall–Kier alpha value is -1.80. The van der Waals surface area contributed by atoms with E-state index in [9.17, 15) is 12.8 Å². The number of benzene rings is 2. The van der Waals surface area contributed by atoms with Gasteiger partial charge in [-0.25, -0.2) is 12.8 Å². The third-order valence-electron chi connectivity index (χ3n) is 4.38. The van der Waals surface area contributed by atoms with Crippen molar-refractivity contribution in [3.05, 3.63) is 65.5 Å². The van der Waals surface area contributed by atoms with Crippen LogP contribution in [0.25, 0.3) is 0 Å². The molecule has 7 heteroatoms. The first-order valence-corrected chi connectivity index (χ1v) is 9.60. The van der Waals surface area contributed by atoms with Crippen molar-refractivity contribution in [1.82, 2.24) is 9.21 Å². The fraction of sp³-hybridized carbons (Fsp3) is 0.333. The summed E-state index contributed by atoms with van der Waals surface area (Å²) in [4.78, 5) is 1.85. The molecular formula is C18H21FN2O3S. The van der Waals surface area contributed by atoms with Crippen LogP contribution in [0.4, 0.5) is 4.39 Å². The largest absolute Gasteiger partial charge is 0.392 e. The Labute approximate surface area is 147 Å². The Balaban J connectivity index is 1.67. The van der Waals surface area contributed by atoms with Crippen molar-refractivity contribution in [2.75, 3.05) is 26.2 Å². The van der Waals surface area contributed by atoms with E-state index in [1.807, 2.05) is 30.3 Å². The summed E-state index contributed by atoms with van der Waals surface area (Å²) in [6, 6.07) is 13.7. The van der Waals surface area contributed by atoms with Gasteiger partial charge in [0.2, 0.25) is 10.0 Å². The molecule has 0 bridgehead atoms. The van der Waals surface area contributed by atoms with E-state index in [0.717, 1.165) is 12.6 Å². The summed E-state index contributed by atoms with van der Waals surface area (Å²) >= 11 is 0. The molecule has 0 aliphatic carbocycles. The molecule has 1 heterocycles. The molecule has 3 rings (SSSR count). The molecule has 1 N–H and O–H groups in total. The smallest absolute Gasteiger partial charge is 0.246 e. The summed E-state index contributed by atoms with van der Waals surface area (Å²) in [5.41, 5.74) is 1.54. The summed E-state index contributed by atoms with van der Waals surface area (Å²) in [5, 5.41) is 9.02. The lowest BCUT2D eigenvalue weighted by Gasteiger charge is -2.34. The van der Waals surface area contributed by atoms with Crippen LogP contribution in [0.2, 0.25) is 0 Å². The average molecular weight is 364 g/mol. The first-order valence-electron chi connectivity index (χ1n) is 8.16. The molecule has 134 valence electrons. The predicted octanol–water partition coefficient (Wildman–Crippen LogP) is 1.82. The lowest BCUT2D eigenvalue weighted by molar-refractivity contribution is 0.181. The molecule has 1 fully saturated rings. The zero-order valence-corrected chi connectivity index (χ0v) is 14.6. The molecule has 25 heavy (non-hydrogen) atoms. The molecule has 0 amide bonds. The van der Waals surface area contributed by atoms with E-state index in [4.69, 9.17) is 5.11 Å². The second kappa shape index (κ2) is 7.61. The van der Waals surface area contributed by atoms with Gasteiger partial charge in [0.15, 0.2) is 0 Å². The molecule has 0 spiro atoms. The maximum absolute atomic E-state index is 14.1. The summed E-state index contributed by atoms with van der Waals surface area (Å²) in [6.07, 6.45) is 0. The van der Waals surface area contributed by atoms with Crippen LogP contribution in [0.1, 0.15) is 11.1 Å². The second-order valence-electron chi connectivity index (χ2n) is 6.09. The summed E-state index contributed by atoms with van der Waals surface area (Å²) in [7, 11) is -3.86. The van der Waals surface area contributed by atoms with Gasteiger partial charge in [-0.2, -0.15) is 4.31 Å². The Bertz CT molecular complexity index is 819. The van der Waals surface area contributed by atoms with Gasteiger partial charge in [0.1, 0.15) is 10.7 Å². The number of aliphatic hydroxyl groups is 1. The van der Waals surface area contributed by atoms with Crippen molar-refractivity contribution < 1.29 is 17.9 Å². The summed E-state index contributed by atoms with van der Waals surface area (Å²) < 4.78 is 40.8. The molecule has 1 aliphatic heterocycles. The van der Waals surface area contributed by atoms with Gasteiger partial charge in [-0.15, -0.1) is 0 Å². The van der Waals surface area contributed by atoms with Gasteiger partial charge in [0, 0.05) is 32.7 Å². The molecule has 0 saturated carbocycles. The van der Waals surface area contributed by atoms with Crippen molar-refractivity contribution in [3.8, 4) is 0 Å². The zero-order valence-electron chi connectivity index (χ0n) is 13.8. The summed E-state index contributed by atoms with van der Waals surface area (Å²) in [6.45, 7) is 2.31. The Kier molecular flexibility index (Phi) is 5.48. The number of sulfonamides is 1. The van der Waals surface area contributed by atoms with Crippen molar-refractivity contribution in [1.29, 1.82) is 0 Å². The lowest BCUT2D eigenvalue weighted by atomic mass is 10.2. The van der Waals surface area contributed by atoms with Crippen LogP contribution in [-0.4, -0.2) is 48.9 Å². The minimum Gasteiger partial charge on any atom is -0.392 e. The number of hydrogen-bond donors (Lipinski definition) is 1. The van der Waals surface area contributed by atoms with Gasteiger partial charge in [-0.1, -0.05) is 36.4 Å². The molecule has 1 aliphatic rings. The first-order chi connectivity index (χ1) is 12.0. The number of aliphatic hydroxyl groups excluding tert-OH is 1. The Morgan fingerprint density at radius 2 is 1.64 bits per heavy atom. The molecule has 0 aromatic heterocycles. The molecule has 2 aromatic carbocycles. The number of rotatable bonds is 5. The third-order valence-corrected chi connectivity index (χ3v) is 6.31. The SMILES string of the molecule is O=S(=O)(c1ccc(CO)cc1F)N1CCN(Cc2ccccc2)CC1. The van der Waals surface area contributed by atoms with Crippen LogP contribution in [0.15, 0.2) is 53.4 Å². The summed E-state index contributed by atoms with van der Waals surface area (Å²) in [5.74, 6) is -0.821. The van der Waals surface area contributed by atoms with Crippen LogP contribution in [0.3, 0.4) is 0 Å². The normalized spacial score (nSPS) is 16.9. The molecule has 2 aromatic rings. The molecule has 0 atom stereocenters. The standard InChI is InChI=1S/C18H21FN2O3S/c19-17-12-16(14-22)6-7-18(17)25(23,24)21-10-8-20(9-11-21)13-15-4-2-1-3-5-15/h1-7,12,22H,8-11,13-14H2. The van der Waals surface area contributed by atoms with E-state index in [-0.39, 0.29) is 11.5 Å². The van der Waals surface area contributed by atoms with Crippen molar-refractivity contribution in [2.45, 2.75) is 18.0 Å². The highest BCUT2D eigenvalue weighted by atomic mass is 32.2. The van der Waals surface area contributed by atoms with Gasteiger partial charge in [0.25, 0.3) is 0 Å². The molecule has 1 saturated heterocycles. The number of nitrogens with zero attached hydrogens (tertiary/aromatic N) is 2. The fourth-order valence-electron chi connectivity index (χ4n) is 2.96. The quantitative estimate of drug-likeness (QED) is 0.879. The minimum atomic E-state index is -3.86. The van der Waals surface area contributed by atoms with E-state index in [1.54, 1.807) is 0 Å². The van der Waals surface area contributed by atoms with Crippen LogP contribution in [-0.2, 0) is 23.2 Å². The Morgan fingerprint density at radius 3 is 2.24 bits per heavy atom. The number of hydrogen-bond acceptors (Lipinski definition) is 4. The zero-order chi connectivity index (χ0) is 17.9. The van der Waals surface area contributed by atoms with Gasteiger partial charge in [-0.05, 0) is 23.3 Å². The van der Waals surface area contributed by atoms with E-state index < -0.39 is 15.8 Å². The van der Waals surface area contributed by atoms with Gasteiger partial charge in [-0.3, -0.25) is 4.90 Å². The maximum Gasteiger partial charge on any atom is 0.246 e. The first kappa shape index (κ1) is 18.0. The van der Waals surface area contributed by atoms with E-state index >= 15 is 0 Å². The topological polar surface area (TPSA) is 60.9 Å². The van der Waals surface area contributed by atoms with E-state index in [0.29, 0.717) is 31.7 Å². The Morgan fingerprint density at radius 1 is 0.960 bits per heavy atom. The molecule has 0 radical (unpaired) electrons. The highest BCUT2D eigenvalue weighted by Crippen LogP contribution is 2.22. The van der Waals surface area contributed by atoms with Crippen molar-refractivity contribution >= 4 is 10.0 Å². The fourth-order valence-corrected chi connectivity index (χ4v) is 4.43. The highest BCUT2D eigenvalue weighted by Gasteiger charge is 2.30. The number of piperazine rings is 1. The van der Waals surface area contributed by atoms with E-state index in [2.05, 4.69) is 4.90 Å². The monoisotopic (exact) mass is 364 g/mol. The van der Waals surface area contributed by atoms with Crippen LogP contribution < -0.4 is 0 Å². The van der Waals surface area contributed by atoms with Crippen molar-refractivity contribution in [3.63, 3.8) is 0 Å². The van der Waals surface area contributed by atoms with Crippen molar-refractivity contribution in [2.24, 2.45) is 0 Å². The minimum absolute atomic E-state index is 0.324. The van der Waals surface area contributed by atoms with Crippen LogP contribution in [0.5, 0.6) is 0 Å². The third kappa shape index (κ3) is 4.07. The van der Waals surface area contributed by atoms with Crippen LogP contribution in [0, 0.1) is 5.82 Å². The van der Waals surface area contributed by atoms with E-state index in [1.165, 1.54) is 22.0 Å². The van der Waals surface area contributed by atoms with Gasteiger partial charge >= 0.3 is 0 Å². The molecular weight excluding hydrogens is 343 g/mol. The molecule has 5 nitrogen and oxygen atoms in total. The molecule has 0 unspecified atom stereocenters.